The molecule has 108 valence electrons. The molecule has 1 spiro atoms. The van der Waals surface area contributed by atoms with Gasteiger partial charge < -0.3 is 10.0 Å². The van der Waals surface area contributed by atoms with Crippen LogP contribution in [-0.4, -0.2) is 35.1 Å². The summed E-state index contributed by atoms with van der Waals surface area (Å²) in [5.41, 5.74) is 0.360. The summed E-state index contributed by atoms with van der Waals surface area (Å²) in [4.78, 5) is 13.2. The van der Waals surface area contributed by atoms with Crippen molar-refractivity contribution in [2.24, 2.45) is 5.41 Å². The average Bonchev–Trinajstić information content (AvgIpc) is 3.02. The summed E-state index contributed by atoms with van der Waals surface area (Å²) >= 11 is 0. The predicted molar refractivity (Wildman–Crippen MR) is 76.5 cm³/mol. The lowest BCUT2D eigenvalue weighted by atomic mass is 9.84. The topological polar surface area (TPSA) is 40.5 Å². The second kappa shape index (κ2) is 8.52. The molecule has 0 aromatic rings. The van der Waals surface area contributed by atoms with Crippen LogP contribution in [0, 0.1) is 5.41 Å². The van der Waals surface area contributed by atoms with Crippen molar-refractivity contribution in [2.75, 3.05) is 13.2 Å². The molecule has 2 fully saturated rings. The van der Waals surface area contributed by atoms with Gasteiger partial charge in [-0.3, -0.25) is 4.79 Å². The smallest absolute Gasteiger partial charge is 0.219 e. The number of carbonyl (C=O) groups excluding carboxylic acids is 1. The van der Waals surface area contributed by atoms with E-state index in [1.807, 2.05) is 32.6 Å². The van der Waals surface area contributed by atoms with Crippen molar-refractivity contribution in [1.82, 2.24) is 4.90 Å². The van der Waals surface area contributed by atoms with Crippen LogP contribution in [0.5, 0.6) is 0 Å². The second-order valence-corrected chi connectivity index (χ2v) is 4.89. The minimum atomic E-state index is 0.0885. The molecule has 3 nitrogen and oxygen atoms in total. The number of likely N-dealkylation sites (tertiary alicyclic amines) is 1. The van der Waals surface area contributed by atoms with Gasteiger partial charge in [-0.1, -0.05) is 40.5 Å². The maximum Gasteiger partial charge on any atom is 0.219 e. The Morgan fingerprint density at radius 3 is 2.06 bits per heavy atom. The van der Waals surface area contributed by atoms with E-state index in [9.17, 15) is 9.90 Å². The molecule has 3 heteroatoms. The zero-order chi connectivity index (χ0) is 14.2. The minimum absolute atomic E-state index is 0.0885. The van der Waals surface area contributed by atoms with Crippen LogP contribution >= 0.6 is 0 Å². The van der Waals surface area contributed by atoms with E-state index < -0.39 is 0 Å². The van der Waals surface area contributed by atoms with Crippen molar-refractivity contribution < 1.29 is 9.90 Å². The highest BCUT2D eigenvalue weighted by atomic mass is 16.3. The van der Waals surface area contributed by atoms with Gasteiger partial charge in [0.25, 0.3) is 0 Å². The van der Waals surface area contributed by atoms with E-state index in [-0.39, 0.29) is 18.6 Å². The molecule has 1 saturated carbocycles. The number of aliphatic hydroxyl groups excluding tert-OH is 1. The third-order valence-corrected chi connectivity index (χ3v) is 3.89. The lowest BCUT2D eigenvalue weighted by molar-refractivity contribution is -0.130. The fourth-order valence-electron chi connectivity index (χ4n) is 3.18. The van der Waals surface area contributed by atoms with Crippen molar-refractivity contribution in [1.29, 1.82) is 0 Å². The van der Waals surface area contributed by atoms with Crippen molar-refractivity contribution >= 4 is 5.91 Å². The molecule has 0 radical (unpaired) electrons. The zero-order valence-corrected chi connectivity index (χ0v) is 12.8. The summed E-state index contributed by atoms with van der Waals surface area (Å²) in [5.74, 6) is 0.118. The zero-order valence-electron chi connectivity index (χ0n) is 12.8. The van der Waals surface area contributed by atoms with Gasteiger partial charge in [0.05, 0.1) is 12.6 Å². The van der Waals surface area contributed by atoms with E-state index in [0.717, 1.165) is 13.0 Å². The van der Waals surface area contributed by atoms with Gasteiger partial charge in [-0.2, -0.15) is 0 Å². The van der Waals surface area contributed by atoms with Crippen LogP contribution in [0.4, 0.5) is 0 Å². The molecule has 18 heavy (non-hydrogen) atoms. The molecule has 0 aromatic heterocycles. The van der Waals surface area contributed by atoms with Crippen molar-refractivity contribution in [3.8, 4) is 0 Å². The molecule has 1 saturated heterocycles. The molecule has 1 heterocycles. The van der Waals surface area contributed by atoms with Gasteiger partial charge in [-0.15, -0.1) is 0 Å². The molecule has 0 bridgehead atoms. The molecule has 1 aliphatic heterocycles. The van der Waals surface area contributed by atoms with Gasteiger partial charge in [0.2, 0.25) is 5.91 Å². The van der Waals surface area contributed by atoms with Crippen molar-refractivity contribution in [3.63, 3.8) is 0 Å². The van der Waals surface area contributed by atoms with Crippen molar-refractivity contribution in [3.05, 3.63) is 0 Å². The first kappa shape index (κ1) is 17.4. The van der Waals surface area contributed by atoms with Gasteiger partial charge >= 0.3 is 0 Å². The highest BCUT2D eigenvalue weighted by Gasteiger charge is 2.45. The van der Waals surface area contributed by atoms with E-state index in [2.05, 4.69) is 0 Å². The predicted octanol–water partition coefficient (Wildman–Crippen LogP) is 3.21. The summed E-state index contributed by atoms with van der Waals surface area (Å²) in [7, 11) is 0. The Labute approximate surface area is 113 Å². The minimum Gasteiger partial charge on any atom is -0.394 e. The maximum absolute atomic E-state index is 11.4. The first-order valence-corrected chi connectivity index (χ1v) is 7.55. The number of aliphatic hydroxyl groups is 1. The molecule has 1 atom stereocenters. The van der Waals surface area contributed by atoms with Gasteiger partial charge in [-0.05, 0) is 24.7 Å². The fraction of sp³-hybridized carbons (Fsp3) is 0.933. The van der Waals surface area contributed by atoms with Gasteiger partial charge in [0.15, 0.2) is 0 Å². The third-order valence-electron chi connectivity index (χ3n) is 3.89. The highest BCUT2D eigenvalue weighted by molar-refractivity contribution is 5.74. The SMILES string of the molecule is CC.CC.CC(=O)N1CC2(CCCC2)CC1CO. The second-order valence-electron chi connectivity index (χ2n) is 4.89. The average molecular weight is 257 g/mol. The first-order chi connectivity index (χ1) is 8.67. The number of nitrogens with zero attached hydrogens (tertiary/aromatic N) is 1. The summed E-state index contributed by atoms with van der Waals surface area (Å²) in [5, 5.41) is 9.24. The van der Waals surface area contributed by atoms with E-state index >= 15 is 0 Å². The van der Waals surface area contributed by atoms with Crippen LogP contribution in [0.3, 0.4) is 0 Å². The lowest BCUT2D eigenvalue weighted by Gasteiger charge is -2.23. The molecular formula is C15H31NO2. The van der Waals surface area contributed by atoms with E-state index in [1.165, 1.54) is 25.7 Å². The van der Waals surface area contributed by atoms with Gasteiger partial charge in [-0.25, -0.2) is 0 Å². The Kier molecular flexibility index (Phi) is 8.25. The third kappa shape index (κ3) is 3.98. The molecule has 1 unspecified atom stereocenters. The highest BCUT2D eigenvalue weighted by Crippen LogP contribution is 2.47. The normalized spacial score (nSPS) is 24.1. The summed E-state index contributed by atoms with van der Waals surface area (Å²) in [6, 6.07) is 0.0885. The quantitative estimate of drug-likeness (QED) is 0.783. The number of hydrogen-bond donors (Lipinski definition) is 1. The Morgan fingerprint density at radius 1 is 1.22 bits per heavy atom. The fourth-order valence-corrected chi connectivity index (χ4v) is 3.18. The molecule has 2 aliphatic rings. The van der Waals surface area contributed by atoms with Crippen LogP contribution in [0.15, 0.2) is 0 Å². The van der Waals surface area contributed by atoms with E-state index in [1.54, 1.807) is 6.92 Å². The van der Waals surface area contributed by atoms with Crippen LogP contribution in [0.25, 0.3) is 0 Å². The molecule has 0 aromatic carbocycles. The standard InChI is InChI=1S/C11H19NO2.2C2H6/c1-9(14)12-8-11(4-2-3-5-11)6-10(12)7-13;2*1-2/h10,13H,2-8H2,1H3;2*1-2H3. The lowest BCUT2D eigenvalue weighted by Crippen LogP contribution is -2.36. The van der Waals surface area contributed by atoms with Crippen LogP contribution in [0.2, 0.25) is 0 Å². The molecule has 1 amide bonds. The number of carbonyl (C=O) groups is 1. The Bertz CT molecular complexity index is 235. The summed E-state index contributed by atoms with van der Waals surface area (Å²) in [6.45, 7) is 10.6. The largest absolute Gasteiger partial charge is 0.394 e. The summed E-state index contributed by atoms with van der Waals surface area (Å²) < 4.78 is 0. The van der Waals surface area contributed by atoms with Crippen LogP contribution in [-0.2, 0) is 4.79 Å². The van der Waals surface area contributed by atoms with E-state index in [0.29, 0.717) is 5.41 Å². The Hall–Kier alpha value is -0.570. The first-order valence-electron chi connectivity index (χ1n) is 7.55. The Morgan fingerprint density at radius 2 is 1.72 bits per heavy atom. The monoisotopic (exact) mass is 257 g/mol. The van der Waals surface area contributed by atoms with Gasteiger partial charge in [0, 0.05) is 13.5 Å². The summed E-state index contributed by atoms with van der Waals surface area (Å²) in [6.07, 6.45) is 6.09. The maximum atomic E-state index is 11.4. The number of rotatable bonds is 1. The van der Waals surface area contributed by atoms with Crippen LogP contribution in [0.1, 0.15) is 66.7 Å². The van der Waals surface area contributed by atoms with E-state index in [4.69, 9.17) is 0 Å². The number of amides is 1. The van der Waals surface area contributed by atoms with Crippen molar-refractivity contribution in [2.45, 2.75) is 72.8 Å². The van der Waals surface area contributed by atoms with Crippen LogP contribution < -0.4 is 0 Å². The molecular weight excluding hydrogens is 226 g/mol. The number of hydrogen-bond acceptors (Lipinski definition) is 2. The molecule has 1 aliphatic carbocycles. The van der Waals surface area contributed by atoms with Gasteiger partial charge in [0.1, 0.15) is 0 Å². The Balaban J connectivity index is 0.000000659. The molecule has 1 N–H and O–H groups in total. The molecule has 2 rings (SSSR count).